The minimum absolute atomic E-state index is 0.00173. The normalized spacial score (nSPS) is 10.7. The molecule has 3 rings (SSSR count). The number of anilines is 1. The summed E-state index contributed by atoms with van der Waals surface area (Å²) in [6.07, 6.45) is 3.12. The van der Waals surface area contributed by atoms with E-state index in [0.29, 0.717) is 16.7 Å². The lowest BCUT2D eigenvalue weighted by molar-refractivity contribution is 0.209. The van der Waals surface area contributed by atoms with Gasteiger partial charge < -0.3 is 5.11 Å². The first-order valence-electron chi connectivity index (χ1n) is 7.89. The van der Waals surface area contributed by atoms with E-state index in [0.717, 1.165) is 5.56 Å². The molecule has 2 N–H and O–H groups in total. The molecule has 2 heterocycles. The number of amides is 1. The Labute approximate surface area is 158 Å². The lowest BCUT2D eigenvalue weighted by Crippen LogP contribution is -2.11. The third kappa shape index (κ3) is 3.88. The first-order chi connectivity index (χ1) is 12.9. The van der Waals surface area contributed by atoms with Crippen molar-refractivity contribution < 1.29 is 18.7 Å². The van der Waals surface area contributed by atoms with Crippen molar-refractivity contribution in [1.82, 2.24) is 9.97 Å². The standard InChI is InChI=1S/C19H14ClF2N3O2/c1-10-12(7-11-5-6-24-18(16(11)21)25-19(26)27)8-23-9-14(10)13-3-2-4-15(20)17(13)22/h2-6,8-9H,7H2,1H3,(H,24,25)(H,26,27). The highest BCUT2D eigenvalue weighted by atomic mass is 35.5. The van der Waals surface area contributed by atoms with Gasteiger partial charge in [0.05, 0.1) is 5.02 Å². The van der Waals surface area contributed by atoms with Crippen molar-refractivity contribution in [3.63, 3.8) is 0 Å². The molecular formula is C19H14ClF2N3O2. The Bertz CT molecular complexity index is 1030. The molecule has 27 heavy (non-hydrogen) atoms. The number of hydrogen-bond acceptors (Lipinski definition) is 3. The monoisotopic (exact) mass is 389 g/mol. The molecule has 1 amide bonds. The lowest BCUT2D eigenvalue weighted by Gasteiger charge is -2.13. The summed E-state index contributed by atoms with van der Waals surface area (Å²) in [6.45, 7) is 1.78. The number of nitrogens with zero attached hydrogens (tertiary/aromatic N) is 2. The maximum atomic E-state index is 14.5. The van der Waals surface area contributed by atoms with Crippen LogP contribution in [0.1, 0.15) is 16.7 Å². The molecule has 8 heteroatoms. The highest BCUT2D eigenvalue weighted by molar-refractivity contribution is 6.31. The van der Waals surface area contributed by atoms with Gasteiger partial charge in [-0.2, -0.15) is 0 Å². The van der Waals surface area contributed by atoms with Crippen LogP contribution in [0.25, 0.3) is 11.1 Å². The van der Waals surface area contributed by atoms with Crippen molar-refractivity contribution >= 4 is 23.5 Å². The van der Waals surface area contributed by atoms with Crippen LogP contribution in [0.2, 0.25) is 5.02 Å². The quantitative estimate of drug-likeness (QED) is 0.653. The molecule has 0 spiro atoms. The van der Waals surface area contributed by atoms with Crippen LogP contribution in [0.3, 0.4) is 0 Å². The second-order valence-electron chi connectivity index (χ2n) is 5.81. The molecule has 0 aliphatic carbocycles. The highest BCUT2D eigenvalue weighted by Gasteiger charge is 2.16. The Kier molecular flexibility index (Phi) is 5.32. The number of pyridine rings is 2. The summed E-state index contributed by atoms with van der Waals surface area (Å²) in [6, 6.07) is 6.14. The number of hydrogen-bond donors (Lipinski definition) is 2. The molecule has 0 fully saturated rings. The van der Waals surface area contributed by atoms with E-state index in [1.54, 1.807) is 25.3 Å². The maximum Gasteiger partial charge on any atom is 0.410 e. The summed E-state index contributed by atoms with van der Waals surface area (Å²) in [7, 11) is 0. The average Bonchev–Trinajstić information content (AvgIpc) is 2.62. The van der Waals surface area contributed by atoms with E-state index in [1.165, 1.54) is 24.5 Å². The van der Waals surface area contributed by atoms with Crippen molar-refractivity contribution in [2.24, 2.45) is 0 Å². The first-order valence-corrected chi connectivity index (χ1v) is 8.27. The average molecular weight is 390 g/mol. The van der Waals surface area contributed by atoms with E-state index < -0.39 is 17.7 Å². The van der Waals surface area contributed by atoms with E-state index in [-0.39, 0.29) is 22.8 Å². The third-order valence-electron chi connectivity index (χ3n) is 4.14. The van der Waals surface area contributed by atoms with Gasteiger partial charge in [-0.1, -0.05) is 23.7 Å². The summed E-state index contributed by atoms with van der Waals surface area (Å²) in [5, 5.41) is 10.7. The van der Waals surface area contributed by atoms with E-state index in [2.05, 4.69) is 9.97 Å². The number of nitrogens with one attached hydrogen (secondary N) is 1. The zero-order chi connectivity index (χ0) is 19.6. The van der Waals surface area contributed by atoms with Gasteiger partial charge in [0.1, 0.15) is 5.82 Å². The number of benzene rings is 1. The van der Waals surface area contributed by atoms with Gasteiger partial charge >= 0.3 is 6.09 Å². The predicted octanol–water partition coefficient (Wildman–Crippen LogP) is 5.06. The molecule has 0 saturated heterocycles. The minimum Gasteiger partial charge on any atom is -0.465 e. The molecule has 0 atom stereocenters. The van der Waals surface area contributed by atoms with Gasteiger partial charge in [-0.3, -0.25) is 10.3 Å². The van der Waals surface area contributed by atoms with Crippen molar-refractivity contribution in [2.45, 2.75) is 13.3 Å². The van der Waals surface area contributed by atoms with E-state index in [4.69, 9.17) is 16.7 Å². The minimum atomic E-state index is -1.41. The van der Waals surface area contributed by atoms with Crippen LogP contribution >= 0.6 is 11.6 Å². The number of halogens is 3. The fourth-order valence-corrected chi connectivity index (χ4v) is 2.92. The maximum absolute atomic E-state index is 14.5. The SMILES string of the molecule is Cc1c(Cc2ccnc(NC(=O)O)c2F)cncc1-c1cccc(Cl)c1F. The van der Waals surface area contributed by atoms with Crippen molar-refractivity contribution in [3.05, 3.63) is 76.2 Å². The van der Waals surface area contributed by atoms with Gasteiger partial charge in [0.2, 0.25) is 0 Å². The molecule has 2 aromatic heterocycles. The van der Waals surface area contributed by atoms with Gasteiger partial charge in [0.25, 0.3) is 0 Å². The highest BCUT2D eigenvalue weighted by Crippen LogP contribution is 2.31. The van der Waals surface area contributed by atoms with E-state index >= 15 is 0 Å². The fraction of sp³-hybridized carbons (Fsp3) is 0.105. The fourth-order valence-electron chi connectivity index (χ4n) is 2.74. The molecule has 3 aromatic rings. The third-order valence-corrected chi connectivity index (χ3v) is 4.43. The number of rotatable bonds is 4. The van der Waals surface area contributed by atoms with Gasteiger partial charge in [-0.15, -0.1) is 0 Å². The topological polar surface area (TPSA) is 75.1 Å². The van der Waals surface area contributed by atoms with Crippen LogP contribution < -0.4 is 5.32 Å². The van der Waals surface area contributed by atoms with Crippen LogP contribution in [-0.2, 0) is 6.42 Å². The van der Waals surface area contributed by atoms with Crippen LogP contribution in [0, 0.1) is 18.6 Å². The Morgan fingerprint density at radius 3 is 2.67 bits per heavy atom. The predicted molar refractivity (Wildman–Crippen MR) is 98.0 cm³/mol. The molecular weight excluding hydrogens is 376 g/mol. The van der Waals surface area contributed by atoms with Gasteiger partial charge in [-0.25, -0.2) is 18.6 Å². The first kappa shape index (κ1) is 18.7. The number of carboxylic acid groups (broad SMARTS) is 1. The zero-order valence-corrected chi connectivity index (χ0v) is 14.9. The summed E-state index contributed by atoms with van der Waals surface area (Å²) in [5.41, 5.74) is 2.47. The van der Waals surface area contributed by atoms with Crippen LogP contribution in [0.15, 0.2) is 42.9 Å². The second kappa shape index (κ2) is 7.67. The lowest BCUT2D eigenvalue weighted by atomic mass is 9.95. The summed E-state index contributed by atoms with van der Waals surface area (Å²) in [5.74, 6) is -1.69. The van der Waals surface area contributed by atoms with Gasteiger partial charge in [0.15, 0.2) is 11.6 Å². The molecule has 1 aromatic carbocycles. The molecule has 5 nitrogen and oxygen atoms in total. The molecule has 0 unspecified atom stereocenters. The Balaban J connectivity index is 2.01. The molecule has 0 aliphatic heterocycles. The van der Waals surface area contributed by atoms with Crippen LogP contribution in [0.4, 0.5) is 19.4 Å². The molecule has 138 valence electrons. The van der Waals surface area contributed by atoms with Gasteiger partial charge in [0, 0.05) is 36.1 Å². The van der Waals surface area contributed by atoms with E-state index in [1.807, 2.05) is 5.32 Å². The Hall–Kier alpha value is -3.06. The molecule has 0 saturated carbocycles. The summed E-state index contributed by atoms with van der Waals surface area (Å²) in [4.78, 5) is 18.5. The Morgan fingerprint density at radius 1 is 1.15 bits per heavy atom. The molecule has 0 radical (unpaired) electrons. The van der Waals surface area contributed by atoms with Crippen LogP contribution in [-0.4, -0.2) is 21.2 Å². The van der Waals surface area contributed by atoms with E-state index in [9.17, 15) is 13.6 Å². The summed E-state index contributed by atoms with van der Waals surface area (Å²) >= 11 is 5.86. The zero-order valence-electron chi connectivity index (χ0n) is 14.1. The number of aromatic nitrogens is 2. The number of carbonyl (C=O) groups is 1. The Morgan fingerprint density at radius 2 is 1.93 bits per heavy atom. The van der Waals surface area contributed by atoms with Crippen molar-refractivity contribution in [2.75, 3.05) is 5.32 Å². The van der Waals surface area contributed by atoms with Gasteiger partial charge in [-0.05, 0) is 35.7 Å². The largest absolute Gasteiger partial charge is 0.465 e. The molecule has 0 aliphatic rings. The van der Waals surface area contributed by atoms with Crippen molar-refractivity contribution in [1.29, 1.82) is 0 Å². The smallest absolute Gasteiger partial charge is 0.410 e. The van der Waals surface area contributed by atoms with Crippen LogP contribution in [0.5, 0.6) is 0 Å². The van der Waals surface area contributed by atoms with Crippen molar-refractivity contribution in [3.8, 4) is 11.1 Å². The molecule has 0 bridgehead atoms. The summed E-state index contributed by atoms with van der Waals surface area (Å²) < 4.78 is 28.9. The second-order valence-corrected chi connectivity index (χ2v) is 6.22.